The molecule has 1 heterocycles. The maximum Gasteiger partial charge on any atom is 0.0707 e. The summed E-state index contributed by atoms with van der Waals surface area (Å²) < 4.78 is 0. The molecule has 0 fully saturated rings. The number of nitrogens with zero attached hydrogens (tertiary/aromatic N) is 1. The highest BCUT2D eigenvalue weighted by molar-refractivity contribution is 5.83. The van der Waals surface area contributed by atoms with Crippen LogP contribution in [0.5, 0.6) is 0 Å². The molecule has 1 aromatic heterocycles. The molecular formula is C19H15N. The van der Waals surface area contributed by atoms with Gasteiger partial charge in [0, 0.05) is 11.8 Å². The van der Waals surface area contributed by atoms with E-state index in [-0.39, 0.29) is 0 Å². The van der Waals surface area contributed by atoms with E-state index < -0.39 is 0 Å². The summed E-state index contributed by atoms with van der Waals surface area (Å²) in [7, 11) is 0. The molecule has 0 radical (unpaired) electrons. The van der Waals surface area contributed by atoms with E-state index in [0.717, 1.165) is 12.1 Å². The monoisotopic (exact) mass is 257 g/mol. The maximum absolute atomic E-state index is 4.55. The van der Waals surface area contributed by atoms with Crippen LogP contribution in [0.2, 0.25) is 0 Å². The molecule has 0 saturated heterocycles. The van der Waals surface area contributed by atoms with Crippen molar-refractivity contribution in [3.63, 3.8) is 0 Å². The molecule has 0 atom stereocenters. The van der Waals surface area contributed by atoms with E-state index in [1.807, 2.05) is 12.3 Å². The Morgan fingerprint density at radius 2 is 1.65 bits per heavy atom. The summed E-state index contributed by atoms with van der Waals surface area (Å²) in [6.07, 6.45) is 2.91. The minimum atomic E-state index is 1.01. The molecule has 0 N–H and O–H groups in total. The van der Waals surface area contributed by atoms with Crippen molar-refractivity contribution in [3.8, 4) is 22.4 Å². The van der Waals surface area contributed by atoms with Crippen LogP contribution in [0.1, 0.15) is 16.7 Å². The number of benzene rings is 2. The van der Waals surface area contributed by atoms with E-state index in [9.17, 15) is 0 Å². The summed E-state index contributed by atoms with van der Waals surface area (Å²) >= 11 is 0. The van der Waals surface area contributed by atoms with Crippen LogP contribution in [0.25, 0.3) is 22.4 Å². The van der Waals surface area contributed by atoms with Crippen molar-refractivity contribution in [3.05, 3.63) is 77.5 Å². The van der Waals surface area contributed by atoms with Crippen LogP contribution in [0, 0.1) is 6.92 Å². The lowest BCUT2D eigenvalue weighted by atomic mass is 9.98. The average molecular weight is 257 g/mol. The Balaban J connectivity index is 1.94. The van der Waals surface area contributed by atoms with Crippen molar-refractivity contribution < 1.29 is 0 Å². The van der Waals surface area contributed by atoms with Crippen LogP contribution in [-0.2, 0) is 6.42 Å². The Hall–Kier alpha value is -2.41. The molecule has 1 nitrogen and oxygen atoms in total. The second-order valence-electron chi connectivity index (χ2n) is 5.38. The Labute approximate surface area is 118 Å². The predicted octanol–water partition coefficient (Wildman–Crippen LogP) is 4.63. The number of aryl methyl sites for hydroxylation is 1. The molecule has 1 aliphatic rings. The molecule has 0 saturated carbocycles. The Morgan fingerprint density at radius 3 is 2.55 bits per heavy atom. The quantitative estimate of drug-likeness (QED) is 0.484. The molecule has 1 aliphatic carbocycles. The maximum atomic E-state index is 4.55. The minimum absolute atomic E-state index is 1.01. The summed E-state index contributed by atoms with van der Waals surface area (Å²) in [5.74, 6) is 0. The van der Waals surface area contributed by atoms with Gasteiger partial charge in [0.1, 0.15) is 0 Å². The van der Waals surface area contributed by atoms with Crippen LogP contribution in [0.3, 0.4) is 0 Å². The van der Waals surface area contributed by atoms with Crippen LogP contribution < -0.4 is 0 Å². The zero-order chi connectivity index (χ0) is 13.5. The van der Waals surface area contributed by atoms with Gasteiger partial charge < -0.3 is 0 Å². The lowest BCUT2D eigenvalue weighted by Crippen LogP contribution is -1.90. The summed E-state index contributed by atoms with van der Waals surface area (Å²) in [6, 6.07) is 19.4. The highest BCUT2D eigenvalue weighted by Gasteiger charge is 2.21. The third-order valence-corrected chi connectivity index (χ3v) is 4.04. The van der Waals surface area contributed by atoms with Crippen molar-refractivity contribution in [2.45, 2.75) is 13.3 Å². The first-order valence-electron chi connectivity index (χ1n) is 6.96. The third kappa shape index (κ3) is 1.67. The van der Waals surface area contributed by atoms with Crippen molar-refractivity contribution >= 4 is 0 Å². The van der Waals surface area contributed by atoms with E-state index in [0.29, 0.717) is 0 Å². The van der Waals surface area contributed by atoms with E-state index in [4.69, 9.17) is 0 Å². The van der Waals surface area contributed by atoms with Gasteiger partial charge in [-0.2, -0.15) is 0 Å². The van der Waals surface area contributed by atoms with Crippen LogP contribution in [-0.4, -0.2) is 4.98 Å². The molecule has 0 amide bonds. The van der Waals surface area contributed by atoms with Gasteiger partial charge in [-0.05, 0) is 53.3 Å². The topological polar surface area (TPSA) is 12.9 Å². The highest BCUT2D eigenvalue weighted by Crippen LogP contribution is 2.40. The van der Waals surface area contributed by atoms with Gasteiger partial charge in [-0.1, -0.05) is 42.5 Å². The van der Waals surface area contributed by atoms with Gasteiger partial charge in [0.25, 0.3) is 0 Å². The van der Waals surface area contributed by atoms with Crippen LogP contribution in [0.4, 0.5) is 0 Å². The third-order valence-electron chi connectivity index (χ3n) is 4.04. The largest absolute Gasteiger partial charge is 0.256 e. The Bertz CT molecular complexity index is 802. The summed E-state index contributed by atoms with van der Waals surface area (Å²) in [4.78, 5) is 4.55. The zero-order valence-corrected chi connectivity index (χ0v) is 11.4. The van der Waals surface area contributed by atoms with Crippen molar-refractivity contribution in [2.24, 2.45) is 0 Å². The van der Waals surface area contributed by atoms with Gasteiger partial charge in [-0.25, -0.2) is 0 Å². The standard InChI is InChI=1S/C19H15N/c1-13-9-10-20-19(11-13)17-8-4-7-16-15-6-3-2-5-14(15)12-18(16)17/h2-11H,12H2,1H3. The average Bonchev–Trinajstić information content (AvgIpc) is 2.86. The fraction of sp³-hybridized carbons (Fsp3) is 0.105. The molecule has 1 heteroatoms. The smallest absolute Gasteiger partial charge is 0.0707 e. The molecule has 4 rings (SSSR count). The Kier molecular flexibility index (Phi) is 2.46. The van der Waals surface area contributed by atoms with Crippen LogP contribution in [0.15, 0.2) is 60.8 Å². The molecule has 0 spiro atoms. The number of rotatable bonds is 1. The van der Waals surface area contributed by atoms with E-state index in [2.05, 4.69) is 60.4 Å². The summed E-state index contributed by atoms with van der Waals surface area (Å²) in [5, 5.41) is 0. The van der Waals surface area contributed by atoms with Gasteiger partial charge in [0.2, 0.25) is 0 Å². The van der Waals surface area contributed by atoms with Crippen molar-refractivity contribution in [2.75, 3.05) is 0 Å². The lowest BCUT2D eigenvalue weighted by Gasteiger charge is -2.08. The molecular weight excluding hydrogens is 242 g/mol. The summed E-state index contributed by atoms with van der Waals surface area (Å²) in [6.45, 7) is 2.11. The second kappa shape index (κ2) is 4.31. The first kappa shape index (κ1) is 11.4. The molecule has 20 heavy (non-hydrogen) atoms. The lowest BCUT2D eigenvalue weighted by molar-refractivity contribution is 1.23. The second-order valence-corrected chi connectivity index (χ2v) is 5.38. The van der Waals surface area contributed by atoms with Gasteiger partial charge in [-0.15, -0.1) is 0 Å². The molecule has 0 bridgehead atoms. The van der Waals surface area contributed by atoms with E-state index in [1.165, 1.54) is 33.4 Å². The number of aromatic nitrogens is 1. The van der Waals surface area contributed by atoms with Gasteiger partial charge >= 0.3 is 0 Å². The SMILES string of the molecule is Cc1ccnc(-c2cccc3c2Cc2ccccc2-3)c1. The zero-order valence-electron chi connectivity index (χ0n) is 11.4. The first-order chi connectivity index (χ1) is 9.83. The minimum Gasteiger partial charge on any atom is -0.256 e. The van der Waals surface area contributed by atoms with Crippen LogP contribution >= 0.6 is 0 Å². The molecule has 3 aromatic rings. The van der Waals surface area contributed by atoms with E-state index in [1.54, 1.807) is 0 Å². The van der Waals surface area contributed by atoms with E-state index >= 15 is 0 Å². The van der Waals surface area contributed by atoms with Crippen molar-refractivity contribution in [1.29, 1.82) is 0 Å². The summed E-state index contributed by atoms with van der Waals surface area (Å²) in [5.41, 5.74) is 9.16. The fourth-order valence-corrected chi connectivity index (χ4v) is 3.08. The fourth-order valence-electron chi connectivity index (χ4n) is 3.08. The molecule has 0 unspecified atom stereocenters. The number of fused-ring (bicyclic) bond motifs is 3. The van der Waals surface area contributed by atoms with Gasteiger partial charge in [0.15, 0.2) is 0 Å². The molecule has 2 aromatic carbocycles. The van der Waals surface area contributed by atoms with Gasteiger partial charge in [-0.3, -0.25) is 4.98 Å². The number of pyridine rings is 1. The highest BCUT2D eigenvalue weighted by atomic mass is 14.7. The number of hydrogen-bond donors (Lipinski definition) is 0. The normalized spacial score (nSPS) is 12.1. The first-order valence-corrected chi connectivity index (χ1v) is 6.96. The number of hydrogen-bond acceptors (Lipinski definition) is 1. The molecule has 96 valence electrons. The van der Waals surface area contributed by atoms with Gasteiger partial charge in [0.05, 0.1) is 5.69 Å². The molecule has 0 aliphatic heterocycles. The Morgan fingerprint density at radius 1 is 0.850 bits per heavy atom. The van der Waals surface area contributed by atoms with Crippen molar-refractivity contribution in [1.82, 2.24) is 4.98 Å². The predicted molar refractivity (Wildman–Crippen MR) is 82.7 cm³/mol.